The first-order valence-corrected chi connectivity index (χ1v) is 9.48. The van der Waals surface area contributed by atoms with E-state index >= 15 is 0 Å². The zero-order valence-corrected chi connectivity index (χ0v) is 17.2. The third kappa shape index (κ3) is 4.36. The summed E-state index contributed by atoms with van der Waals surface area (Å²) in [6, 6.07) is 6.43. The highest BCUT2D eigenvalue weighted by Gasteiger charge is 2.20. The number of carbonyl (C=O) groups is 1. The molecule has 1 atom stereocenters. The topological polar surface area (TPSA) is 64.7 Å². The molecule has 2 heterocycles. The number of carbonyl (C=O) groups excluding carboxylic acids is 1. The van der Waals surface area contributed by atoms with Crippen molar-refractivity contribution in [3.63, 3.8) is 0 Å². The lowest BCUT2D eigenvalue weighted by molar-refractivity contribution is -0.119. The zero-order chi connectivity index (χ0) is 20.4. The van der Waals surface area contributed by atoms with Gasteiger partial charge in [0.25, 0.3) is 0 Å². The molecule has 0 radical (unpaired) electrons. The predicted octanol–water partition coefficient (Wildman–Crippen LogP) is 4.47. The maximum atomic E-state index is 13.8. The molecule has 0 spiro atoms. The van der Waals surface area contributed by atoms with Crippen LogP contribution in [0, 0.1) is 25.6 Å². The number of hydrogen-bond acceptors (Lipinski definition) is 3. The molecule has 1 aromatic carbocycles. The van der Waals surface area contributed by atoms with E-state index in [9.17, 15) is 9.18 Å². The van der Waals surface area contributed by atoms with E-state index in [0.29, 0.717) is 17.1 Å². The van der Waals surface area contributed by atoms with Gasteiger partial charge in [0.1, 0.15) is 10.8 Å². The fourth-order valence-corrected chi connectivity index (χ4v) is 3.13. The summed E-state index contributed by atoms with van der Waals surface area (Å²) in [6.07, 6.45) is 1.55. The molecule has 0 aliphatic carbocycles. The Balaban J connectivity index is 1.67. The first-order chi connectivity index (χ1) is 13.3. The van der Waals surface area contributed by atoms with Gasteiger partial charge in [-0.2, -0.15) is 10.2 Å². The zero-order valence-electron chi connectivity index (χ0n) is 15.7. The molecule has 6 nitrogen and oxygen atoms in total. The lowest BCUT2D eigenvalue weighted by Gasteiger charge is -2.12. The van der Waals surface area contributed by atoms with Gasteiger partial charge in [0.05, 0.1) is 35.4 Å². The van der Waals surface area contributed by atoms with E-state index in [1.54, 1.807) is 36.0 Å². The van der Waals surface area contributed by atoms with E-state index in [-0.39, 0.29) is 35.0 Å². The van der Waals surface area contributed by atoms with Crippen molar-refractivity contribution in [2.45, 2.75) is 33.9 Å². The first-order valence-electron chi connectivity index (χ1n) is 8.73. The Bertz CT molecular complexity index is 1010. The molecule has 0 fully saturated rings. The third-order valence-electron chi connectivity index (χ3n) is 4.44. The minimum absolute atomic E-state index is 0.210. The number of nitrogens with one attached hydrogen (secondary N) is 1. The molecule has 1 amide bonds. The summed E-state index contributed by atoms with van der Waals surface area (Å²) in [5.74, 6) is -0.721. The number of aryl methyl sites for hydroxylation is 1. The summed E-state index contributed by atoms with van der Waals surface area (Å²) in [4.78, 5) is 12.5. The van der Waals surface area contributed by atoms with Gasteiger partial charge in [0, 0.05) is 11.8 Å². The van der Waals surface area contributed by atoms with Crippen molar-refractivity contribution in [2.75, 3.05) is 5.32 Å². The van der Waals surface area contributed by atoms with Crippen LogP contribution in [0.4, 0.5) is 10.2 Å². The van der Waals surface area contributed by atoms with E-state index in [0.717, 1.165) is 11.4 Å². The maximum Gasteiger partial charge on any atom is 0.230 e. The highest BCUT2D eigenvalue weighted by molar-refractivity contribution is 6.33. The van der Waals surface area contributed by atoms with Crippen LogP contribution < -0.4 is 5.32 Å². The quantitative estimate of drug-likeness (QED) is 0.635. The van der Waals surface area contributed by atoms with E-state index in [1.807, 2.05) is 13.8 Å². The largest absolute Gasteiger partial charge is 0.308 e. The number of hydrogen-bond donors (Lipinski definition) is 1. The molecule has 3 aromatic rings. The number of aromatic nitrogens is 4. The summed E-state index contributed by atoms with van der Waals surface area (Å²) in [5, 5.41) is 12.2. The number of amides is 1. The summed E-state index contributed by atoms with van der Waals surface area (Å²) in [5.41, 5.74) is 2.02. The van der Waals surface area contributed by atoms with Crippen molar-refractivity contribution in [3.8, 4) is 0 Å². The number of halogens is 3. The number of anilines is 1. The summed E-state index contributed by atoms with van der Waals surface area (Å²) >= 11 is 12.3. The number of rotatable bonds is 6. The fraction of sp³-hybridized carbons (Fsp3) is 0.316. The fourth-order valence-electron chi connectivity index (χ4n) is 2.80. The van der Waals surface area contributed by atoms with Crippen LogP contribution >= 0.6 is 23.2 Å². The van der Waals surface area contributed by atoms with Gasteiger partial charge >= 0.3 is 0 Å². The third-order valence-corrected chi connectivity index (χ3v) is 5.26. The highest BCUT2D eigenvalue weighted by atomic mass is 35.5. The van der Waals surface area contributed by atoms with Crippen LogP contribution in [0.3, 0.4) is 0 Å². The Morgan fingerprint density at radius 3 is 2.61 bits per heavy atom. The molecule has 0 bridgehead atoms. The Hall–Kier alpha value is -2.38. The molecule has 0 aliphatic heterocycles. The highest BCUT2D eigenvalue weighted by Crippen LogP contribution is 2.23. The van der Waals surface area contributed by atoms with Crippen LogP contribution in [-0.2, 0) is 17.9 Å². The molecule has 28 heavy (non-hydrogen) atoms. The molecule has 0 saturated heterocycles. The molecule has 1 N–H and O–H groups in total. The normalized spacial score (nSPS) is 12.2. The second kappa shape index (κ2) is 8.32. The van der Waals surface area contributed by atoms with Gasteiger partial charge in [-0.05, 0) is 19.9 Å². The van der Waals surface area contributed by atoms with Gasteiger partial charge in [-0.15, -0.1) is 0 Å². The summed E-state index contributed by atoms with van der Waals surface area (Å²) in [6.45, 7) is 6.04. The van der Waals surface area contributed by atoms with Crippen LogP contribution in [0.15, 0.2) is 30.5 Å². The minimum atomic E-state index is -0.387. The average molecular weight is 424 g/mol. The minimum Gasteiger partial charge on any atom is -0.308 e. The summed E-state index contributed by atoms with van der Waals surface area (Å²) < 4.78 is 17.0. The van der Waals surface area contributed by atoms with Crippen LogP contribution in [0.2, 0.25) is 10.0 Å². The smallest absolute Gasteiger partial charge is 0.230 e. The number of benzene rings is 1. The lowest BCUT2D eigenvalue weighted by Crippen LogP contribution is -2.25. The van der Waals surface area contributed by atoms with E-state index in [4.69, 9.17) is 23.2 Å². The SMILES string of the molecule is Cc1nn(CC(C)C(=O)Nc2nn(Cc3ccccc3F)cc2Cl)c(C)c1Cl. The lowest BCUT2D eigenvalue weighted by atomic mass is 10.1. The molecular weight excluding hydrogens is 404 g/mol. The van der Waals surface area contributed by atoms with Crippen molar-refractivity contribution < 1.29 is 9.18 Å². The Morgan fingerprint density at radius 2 is 1.96 bits per heavy atom. The average Bonchev–Trinajstić information content (AvgIpc) is 3.11. The van der Waals surface area contributed by atoms with Crippen LogP contribution in [-0.4, -0.2) is 25.5 Å². The molecule has 9 heteroatoms. The Kier molecular flexibility index (Phi) is 6.05. The molecule has 148 valence electrons. The molecular formula is C19H20Cl2FN5O. The Morgan fingerprint density at radius 1 is 1.25 bits per heavy atom. The van der Waals surface area contributed by atoms with Gasteiger partial charge < -0.3 is 5.32 Å². The van der Waals surface area contributed by atoms with E-state index < -0.39 is 0 Å². The van der Waals surface area contributed by atoms with Crippen LogP contribution in [0.1, 0.15) is 23.9 Å². The van der Waals surface area contributed by atoms with Gasteiger partial charge in [-0.1, -0.05) is 48.3 Å². The predicted molar refractivity (Wildman–Crippen MR) is 107 cm³/mol. The molecule has 0 saturated carbocycles. The molecule has 2 aromatic heterocycles. The van der Waals surface area contributed by atoms with Crippen molar-refractivity contribution in [1.82, 2.24) is 19.6 Å². The van der Waals surface area contributed by atoms with Gasteiger partial charge in [0.15, 0.2) is 5.82 Å². The van der Waals surface area contributed by atoms with E-state index in [1.165, 1.54) is 10.7 Å². The Labute approximate surface area is 172 Å². The van der Waals surface area contributed by atoms with Gasteiger partial charge in [-0.3, -0.25) is 14.2 Å². The monoisotopic (exact) mass is 423 g/mol. The van der Waals surface area contributed by atoms with E-state index in [2.05, 4.69) is 15.5 Å². The first kappa shape index (κ1) is 20.4. The van der Waals surface area contributed by atoms with Crippen molar-refractivity contribution in [3.05, 3.63) is 63.3 Å². The van der Waals surface area contributed by atoms with Crippen molar-refractivity contribution in [1.29, 1.82) is 0 Å². The number of nitrogens with zero attached hydrogens (tertiary/aromatic N) is 4. The molecule has 0 aliphatic rings. The van der Waals surface area contributed by atoms with Crippen molar-refractivity contribution >= 4 is 34.9 Å². The molecule has 1 unspecified atom stereocenters. The van der Waals surface area contributed by atoms with Crippen LogP contribution in [0.5, 0.6) is 0 Å². The van der Waals surface area contributed by atoms with Gasteiger partial charge in [0.2, 0.25) is 5.91 Å². The van der Waals surface area contributed by atoms with Crippen molar-refractivity contribution in [2.24, 2.45) is 5.92 Å². The van der Waals surface area contributed by atoms with Crippen LogP contribution in [0.25, 0.3) is 0 Å². The molecule has 3 rings (SSSR count). The van der Waals surface area contributed by atoms with Gasteiger partial charge in [-0.25, -0.2) is 4.39 Å². The maximum absolute atomic E-state index is 13.8. The summed E-state index contributed by atoms with van der Waals surface area (Å²) in [7, 11) is 0. The second-order valence-corrected chi connectivity index (χ2v) is 7.46. The second-order valence-electron chi connectivity index (χ2n) is 6.67. The standard InChI is InChI=1S/C19H20Cl2FN5O/c1-11(8-27-13(3)17(21)12(2)24-27)19(28)23-18-15(20)10-26(25-18)9-14-6-4-5-7-16(14)22/h4-7,10-11H,8-9H2,1-3H3,(H,23,25,28).